The highest BCUT2D eigenvalue weighted by molar-refractivity contribution is 9.10. The molecule has 0 aliphatic carbocycles. The molecule has 0 aromatic heterocycles. The highest BCUT2D eigenvalue weighted by Gasteiger charge is 2.20. The number of halogens is 4. The van der Waals surface area contributed by atoms with E-state index < -0.39 is 21.7 Å². The van der Waals surface area contributed by atoms with E-state index in [0.717, 1.165) is 24.3 Å². The lowest BCUT2D eigenvalue weighted by Gasteiger charge is -2.11. The van der Waals surface area contributed by atoms with Crippen LogP contribution in [0, 0.1) is 11.6 Å². The van der Waals surface area contributed by atoms with Gasteiger partial charge in [-0.1, -0.05) is 11.6 Å². The van der Waals surface area contributed by atoms with Crippen molar-refractivity contribution in [3.05, 3.63) is 51.5 Å². The van der Waals surface area contributed by atoms with Gasteiger partial charge in [-0.15, -0.1) is 0 Å². The van der Waals surface area contributed by atoms with Gasteiger partial charge in [-0.3, -0.25) is 4.72 Å². The zero-order valence-corrected chi connectivity index (χ0v) is 13.4. The summed E-state index contributed by atoms with van der Waals surface area (Å²) in [6.45, 7) is 0. The van der Waals surface area contributed by atoms with Crippen LogP contribution in [0.1, 0.15) is 0 Å². The largest absolute Gasteiger partial charge is 0.398 e. The summed E-state index contributed by atoms with van der Waals surface area (Å²) in [5.41, 5.74) is 5.32. The highest BCUT2D eigenvalue weighted by Crippen LogP contribution is 2.28. The van der Waals surface area contributed by atoms with Crippen LogP contribution in [0.2, 0.25) is 5.02 Å². The number of anilines is 2. The van der Waals surface area contributed by atoms with Crippen molar-refractivity contribution in [3.63, 3.8) is 0 Å². The Morgan fingerprint density at radius 3 is 2.43 bits per heavy atom. The van der Waals surface area contributed by atoms with Crippen LogP contribution in [0.15, 0.2) is 39.7 Å². The second kappa shape index (κ2) is 5.78. The number of benzene rings is 2. The van der Waals surface area contributed by atoms with Crippen LogP contribution in [0.5, 0.6) is 0 Å². The van der Waals surface area contributed by atoms with Crippen LogP contribution in [0.4, 0.5) is 20.2 Å². The van der Waals surface area contributed by atoms with Gasteiger partial charge in [0.2, 0.25) is 0 Å². The Labute approximate surface area is 133 Å². The highest BCUT2D eigenvalue weighted by atomic mass is 79.9. The van der Waals surface area contributed by atoms with Crippen molar-refractivity contribution >= 4 is 48.9 Å². The van der Waals surface area contributed by atoms with E-state index in [1.165, 1.54) is 6.07 Å². The molecule has 0 radical (unpaired) electrons. The van der Waals surface area contributed by atoms with Gasteiger partial charge in [0.25, 0.3) is 10.0 Å². The zero-order valence-electron chi connectivity index (χ0n) is 10.2. The lowest BCUT2D eigenvalue weighted by molar-refractivity contribution is 0.599. The van der Waals surface area contributed by atoms with Crippen molar-refractivity contribution in [3.8, 4) is 0 Å². The molecule has 4 nitrogen and oxygen atoms in total. The average molecular weight is 398 g/mol. The molecule has 2 aromatic carbocycles. The van der Waals surface area contributed by atoms with Crippen molar-refractivity contribution in [2.45, 2.75) is 4.90 Å². The van der Waals surface area contributed by atoms with Gasteiger partial charge in [0.1, 0.15) is 16.5 Å². The van der Waals surface area contributed by atoms with E-state index in [-0.39, 0.29) is 25.8 Å². The van der Waals surface area contributed by atoms with Crippen LogP contribution in [-0.2, 0) is 10.0 Å². The third kappa shape index (κ3) is 3.45. The van der Waals surface area contributed by atoms with Crippen LogP contribution in [0.3, 0.4) is 0 Å². The Morgan fingerprint density at radius 1 is 1.14 bits per heavy atom. The van der Waals surface area contributed by atoms with E-state index in [0.29, 0.717) is 0 Å². The molecule has 0 saturated heterocycles. The first kappa shape index (κ1) is 16.0. The summed E-state index contributed by atoms with van der Waals surface area (Å²) < 4.78 is 52.9. The molecular formula is C12H8BrClF2N2O2S. The zero-order chi connectivity index (χ0) is 15.8. The summed E-state index contributed by atoms with van der Waals surface area (Å²) in [7, 11) is -4.07. The van der Waals surface area contributed by atoms with Crippen molar-refractivity contribution in [1.29, 1.82) is 0 Å². The topological polar surface area (TPSA) is 72.2 Å². The molecule has 0 amide bonds. The predicted octanol–water partition coefficient (Wildman–Crippen LogP) is 3.76. The molecule has 0 aliphatic rings. The minimum atomic E-state index is -4.07. The molecule has 2 rings (SSSR count). The second-order valence-electron chi connectivity index (χ2n) is 4.04. The maximum Gasteiger partial charge on any atom is 0.263 e. The molecule has 112 valence electrons. The van der Waals surface area contributed by atoms with E-state index >= 15 is 0 Å². The Morgan fingerprint density at radius 2 is 1.81 bits per heavy atom. The molecule has 2 aromatic rings. The predicted molar refractivity (Wildman–Crippen MR) is 80.7 cm³/mol. The smallest absolute Gasteiger partial charge is 0.263 e. The van der Waals surface area contributed by atoms with Crippen LogP contribution >= 0.6 is 27.5 Å². The summed E-state index contributed by atoms with van der Waals surface area (Å²) >= 11 is 8.46. The monoisotopic (exact) mass is 396 g/mol. The van der Waals surface area contributed by atoms with Gasteiger partial charge in [0, 0.05) is 0 Å². The average Bonchev–Trinajstić information content (AvgIpc) is 2.37. The minimum Gasteiger partial charge on any atom is -0.398 e. The fourth-order valence-corrected chi connectivity index (χ4v) is 3.41. The second-order valence-corrected chi connectivity index (χ2v) is 6.95. The Kier molecular flexibility index (Phi) is 4.40. The first-order chi connectivity index (χ1) is 9.70. The summed E-state index contributed by atoms with van der Waals surface area (Å²) in [5.74, 6) is -1.36. The molecule has 0 atom stereocenters. The van der Waals surface area contributed by atoms with E-state index in [1.54, 1.807) is 0 Å². The van der Waals surface area contributed by atoms with Crippen LogP contribution < -0.4 is 10.5 Å². The molecule has 0 bridgehead atoms. The van der Waals surface area contributed by atoms with Gasteiger partial charge in [-0.2, -0.15) is 0 Å². The van der Waals surface area contributed by atoms with Gasteiger partial charge >= 0.3 is 0 Å². The van der Waals surface area contributed by atoms with Gasteiger partial charge < -0.3 is 5.73 Å². The number of nitrogens with one attached hydrogen (secondary N) is 1. The number of nitrogens with two attached hydrogens (primary N) is 1. The molecule has 0 aliphatic heterocycles. The summed E-state index contributed by atoms with van der Waals surface area (Å²) in [6, 6.07) is 5.26. The fraction of sp³-hybridized carbons (Fsp3) is 0. The van der Waals surface area contributed by atoms with E-state index in [2.05, 4.69) is 20.7 Å². The Balaban J connectivity index is 2.43. The quantitative estimate of drug-likeness (QED) is 0.775. The molecule has 0 unspecified atom stereocenters. The standard InChI is InChI=1S/C12H8BrClF2N2O2S/c13-7-4-12(11(17)5-10(7)16)21(19,20)18-6-1-2-9(15)8(14)3-6/h1-5,18H,17H2. The number of rotatable bonds is 3. The van der Waals surface area contributed by atoms with Crippen molar-refractivity contribution in [2.75, 3.05) is 10.5 Å². The summed E-state index contributed by atoms with van der Waals surface area (Å²) in [6.07, 6.45) is 0. The van der Waals surface area contributed by atoms with Crippen LogP contribution in [0.25, 0.3) is 0 Å². The molecule has 21 heavy (non-hydrogen) atoms. The third-order valence-corrected chi connectivity index (χ3v) is 4.85. The third-order valence-electron chi connectivity index (χ3n) is 2.51. The van der Waals surface area contributed by atoms with Crippen molar-refractivity contribution in [2.24, 2.45) is 0 Å². The summed E-state index contributed by atoms with van der Waals surface area (Å²) in [5, 5.41) is -0.233. The molecule has 0 heterocycles. The van der Waals surface area contributed by atoms with Crippen molar-refractivity contribution in [1.82, 2.24) is 0 Å². The number of sulfonamides is 1. The van der Waals surface area contributed by atoms with Crippen molar-refractivity contribution < 1.29 is 17.2 Å². The molecular weight excluding hydrogens is 390 g/mol. The Hall–Kier alpha value is -1.38. The normalized spacial score (nSPS) is 11.4. The van der Waals surface area contributed by atoms with Gasteiger partial charge in [-0.05, 0) is 46.3 Å². The van der Waals surface area contributed by atoms with E-state index in [4.69, 9.17) is 17.3 Å². The maximum atomic E-state index is 13.3. The van der Waals surface area contributed by atoms with E-state index in [1.807, 2.05) is 0 Å². The molecule has 3 N–H and O–H groups in total. The summed E-state index contributed by atoms with van der Waals surface area (Å²) in [4.78, 5) is -0.309. The minimum absolute atomic E-state index is 0.0470. The molecule has 0 saturated carbocycles. The SMILES string of the molecule is Nc1cc(F)c(Br)cc1S(=O)(=O)Nc1ccc(F)c(Cl)c1. The molecule has 0 spiro atoms. The van der Waals surface area contributed by atoms with E-state index in [9.17, 15) is 17.2 Å². The lowest BCUT2D eigenvalue weighted by atomic mass is 10.3. The molecule has 0 fully saturated rings. The van der Waals surface area contributed by atoms with Gasteiger partial charge in [-0.25, -0.2) is 17.2 Å². The number of hydrogen-bond acceptors (Lipinski definition) is 3. The fourth-order valence-electron chi connectivity index (χ4n) is 1.55. The van der Waals surface area contributed by atoms with Gasteiger partial charge in [0.05, 0.1) is 20.9 Å². The van der Waals surface area contributed by atoms with Gasteiger partial charge in [0.15, 0.2) is 0 Å². The lowest BCUT2D eigenvalue weighted by Crippen LogP contribution is -2.15. The number of hydrogen-bond donors (Lipinski definition) is 2. The Bertz CT molecular complexity index is 815. The first-order valence-corrected chi connectivity index (χ1v) is 8.08. The molecule has 9 heteroatoms. The first-order valence-electron chi connectivity index (χ1n) is 5.43. The maximum absolute atomic E-state index is 13.3. The van der Waals surface area contributed by atoms with Crippen LogP contribution in [-0.4, -0.2) is 8.42 Å². The number of nitrogen functional groups attached to an aromatic ring is 1.